The second kappa shape index (κ2) is 16.6. The van der Waals surface area contributed by atoms with E-state index in [1.54, 1.807) is 0 Å². The van der Waals surface area contributed by atoms with Crippen LogP contribution in [-0.4, -0.2) is 32.7 Å². The summed E-state index contributed by atoms with van der Waals surface area (Å²) in [6, 6.07) is 0. The SMILES string of the molecule is CC(C)(C)C(=O)/C=C(/O)C(C)(C)C.CC(C)(C)C(=O)/C=C(/O)C(C)(C)C.CC(C)(C)C(=O)/C=C(/O)C(C)(C)C.[Sm]. The van der Waals surface area contributed by atoms with Crippen LogP contribution in [0.1, 0.15) is 125 Å². The minimum absolute atomic E-state index is 0. The molecule has 0 aliphatic rings. The largest absolute Gasteiger partial charge is 0.512 e. The first-order chi connectivity index (χ1) is 16.6. The molecule has 0 bridgehead atoms. The Morgan fingerprint density at radius 2 is 0.475 bits per heavy atom. The summed E-state index contributed by atoms with van der Waals surface area (Å²) in [5, 5.41) is 28.7. The van der Waals surface area contributed by atoms with Gasteiger partial charge in [-0.15, -0.1) is 0 Å². The molecule has 0 fully saturated rings. The Kier molecular flexibility index (Phi) is 19.0. The van der Waals surface area contributed by atoms with Gasteiger partial charge in [-0.25, -0.2) is 0 Å². The average Bonchev–Trinajstić information content (AvgIpc) is 2.64. The van der Waals surface area contributed by atoms with Crippen LogP contribution in [-0.2, 0) is 14.4 Å². The van der Waals surface area contributed by atoms with E-state index < -0.39 is 16.2 Å². The van der Waals surface area contributed by atoms with Crippen molar-refractivity contribution in [2.75, 3.05) is 0 Å². The molecule has 0 unspecified atom stereocenters. The Balaban J connectivity index is -0.000000240. The molecule has 0 aromatic heterocycles. The van der Waals surface area contributed by atoms with Gasteiger partial charge in [-0.3, -0.25) is 14.4 Å². The number of ketones is 3. The van der Waals surface area contributed by atoms with Gasteiger partial charge in [0, 0.05) is 91.1 Å². The molecule has 0 rings (SSSR count). The number of hydrogen-bond acceptors (Lipinski definition) is 6. The molecule has 234 valence electrons. The first-order valence-corrected chi connectivity index (χ1v) is 13.5. The maximum atomic E-state index is 11.5. The third kappa shape index (κ3) is 21.7. The van der Waals surface area contributed by atoms with Crippen molar-refractivity contribution in [3.8, 4) is 0 Å². The van der Waals surface area contributed by atoms with Gasteiger partial charge in [-0.1, -0.05) is 125 Å². The van der Waals surface area contributed by atoms with E-state index >= 15 is 0 Å². The summed E-state index contributed by atoms with van der Waals surface area (Å²) in [5.41, 5.74) is -2.29. The quantitative estimate of drug-likeness (QED) is 0.200. The molecule has 0 saturated heterocycles. The van der Waals surface area contributed by atoms with Gasteiger partial charge in [0.1, 0.15) is 17.3 Å². The second-order valence-electron chi connectivity index (χ2n) is 16.2. The zero-order valence-electron chi connectivity index (χ0n) is 28.7. The molecule has 0 aromatic rings. The molecule has 0 radical (unpaired) electrons. The summed E-state index contributed by atoms with van der Waals surface area (Å²) in [7, 11) is 0. The van der Waals surface area contributed by atoms with Gasteiger partial charge in [-0.2, -0.15) is 0 Å². The Labute approximate surface area is 278 Å². The van der Waals surface area contributed by atoms with Crippen LogP contribution in [0.5, 0.6) is 0 Å². The fraction of sp³-hybridized carbons (Fsp3) is 0.727. The van der Waals surface area contributed by atoms with Crippen molar-refractivity contribution in [2.45, 2.75) is 125 Å². The maximum Gasteiger partial charge on any atom is 0.164 e. The Hall–Kier alpha value is -1.03. The maximum absolute atomic E-state index is 11.5. The summed E-state index contributed by atoms with van der Waals surface area (Å²) in [4.78, 5) is 34.5. The van der Waals surface area contributed by atoms with Crippen LogP contribution < -0.4 is 0 Å². The van der Waals surface area contributed by atoms with Crippen molar-refractivity contribution in [1.29, 1.82) is 0 Å². The number of aliphatic hydroxyl groups excluding tert-OH is 3. The van der Waals surface area contributed by atoms with E-state index in [9.17, 15) is 29.7 Å². The van der Waals surface area contributed by atoms with Crippen molar-refractivity contribution in [1.82, 2.24) is 0 Å². The summed E-state index contributed by atoms with van der Waals surface area (Å²) in [6.07, 6.45) is 4.00. The fourth-order valence-corrected chi connectivity index (χ4v) is 1.67. The molecular weight excluding hydrogens is 643 g/mol. The van der Waals surface area contributed by atoms with Gasteiger partial charge in [0.25, 0.3) is 0 Å². The van der Waals surface area contributed by atoms with Gasteiger partial charge in [0.15, 0.2) is 17.3 Å². The Morgan fingerprint density at radius 3 is 0.550 bits per heavy atom. The number of rotatable bonds is 3. The standard InChI is InChI=1S/3C11H20O2.Sm/c3*1-10(2,3)8(12)7-9(13)11(4,5)6;/h3*7,12H,1-6H3;/b3*8-7+;. The molecule has 0 saturated carbocycles. The molecule has 3 N–H and O–H groups in total. The zero-order chi connectivity index (χ0) is 32.6. The molecule has 0 atom stereocenters. The third-order valence-electron chi connectivity index (χ3n) is 5.33. The Bertz CT molecular complexity index is 801. The molecule has 40 heavy (non-hydrogen) atoms. The van der Waals surface area contributed by atoms with Crippen LogP contribution in [0, 0.1) is 72.9 Å². The van der Waals surface area contributed by atoms with Crippen LogP contribution in [0.25, 0.3) is 0 Å². The van der Waals surface area contributed by atoms with E-state index in [0.29, 0.717) is 0 Å². The van der Waals surface area contributed by atoms with E-state index in [4.69, 9.17) is 0 Å². The van der Waals surface area contributed by atoms with Crippen molar-refractivity contribution < 1.29 is 70.1 Å². The van der Waals surface area contributed by atoms with Crippen LogP contribution in [0.4, 0.5) is 0 Å². The van der Waals surface area contributed by atoms with E-state index in [1.807, 2.05) is 125 Å². The average molecular weight is 703 g/mol. The van der Waals surface area contributed by atoms with Crippen molar-refractivity contribution >= 4 is 17.3 Å². The predicted octanol–water partition coefficient (Wildman–Crippen LogP) is 9.27. The van der Waals surface area contributed by atoms with Gasteiger partial charge in [0.2, 0.25) is 0 Å². The van der Waals surface area contributed by atoms with Crippen LogP contribution in [0.15, 0.2) is 35.5 Å². The smallest absolute Gasteiger partial charge is 0.164 e. The van der Waals surface area contributed by atoms with Gasteiger partial charge in [0.05, 0.1) is 0 Å². The monoisotopic (exact) mass is 704 g/mol. The molecule has 7 heteroatoms. The normalized spacial score (nSPS) is 14.1. The van der Waals surface area contributed by atoms with Crippen LogP contribution in [0.3, 0.4) is 0 Å². The van der Waals surface area contributed by atoms with Gasteiger partial charge >= 0.3 is 0 Å². The van der Waals surface area contributed by atoms with Crippen LogP contribution >= 0.6 is 0 Å². The van der Waals surface area contributed by atoms with E-state index in [1.165, 1.54) is 18.2 Å². The van der Waals surface area contributed by atoms with Gasteiger partial charge < -0.3 is 15.3 Å². The van der Waals surface area contributed by atoms with E-state index in [2.05, 4.69) is 0 Å². The number of carbonyl (C=O) groups excluding carboxylic acids is 3. The molecule has 0 spiro atoms. The molecule has 0 aromatic carbocycles. The van der Waals surface area contributed by atoms with Crippen molar-refractivity contribution in [2.24, 2.45) is 32.5 Å². The van der Waals surface area contributed by atoms with E-state index in [-0.39, 0.29) is 91.3 Å². The third-order valence-corrected chi connectivity index (χ3v) is 5.33. The van der Waals surface area contributed by atoms with Crippen molar-refractivity contribution in [3.63, 3.8) is 0 Å². The summed E-state index contributed by atoms with van der Waals surface area (Å²) in [5.74, 6) is 0.312. The number of hydrogen-bond donors (Lipinski definition) is 3. The first-order valence-electron chi connectivity index (χ1n) is 13.5. The summed E-state index contributed by atoms with van der Waals surface area (Å²) >= 11 is 0. The number of carbonyl (C=O) groups is 3. The second-order valence-corrected chi connectivity index (χ2v) is 16.2. The molecule has 0 aliphatic heterocycles. The topological polar surface area (TPSA) is 112 Å². The fourth-order valence-electron chi connectivity index (χ4n) is 1.67. The van der Waals surface area contributed by atoms with E-state index in [0.717, 1.165) is 0 Å². The minimum atomic E-state index is -0.417. The molecule has 0 heterocycles. The summed E-state index contributed by atoms with van der Waals surface area (Å²) in [6.45, 7) is 33.3. The Morgan fingerprint density at radius 1 is 0.350 bits per heavy atom. The van der Waals surface area contributed by atoms with Crippen molar-refractivity contribution in [3.05, 3.63) is 35.5 Å². The minimum Gasteiger partial charge on any atom is -0.512 e. The zero-order valence-corrected chi connectivity index (χ0v) is 31.3. The molecule has 6 nitrogen and oxygen atoms in total. The molecule has 0 amide bonds. The number of aliphatic hydroxyl groups is 3. The van der Waals surface area contributed by atoms with Crippen LogP contribution in [0.2, 0.25) is 0 Å². The first kappa shape index (κ1) is 45.9. The summed E-state index contributed by atoms with van der Waals surface area (Å²) < 4.78 is 0. The molecular formula is C33H60O6Sm. The molecule has 0 aliphatic carbocycles. The number of allylic oxidation sites excluding steroid dienone is 6. The predicted molar refractivity (Wildman–Crippen MR) is 164 cm³/mol. The van der Waals surface area contributed by atoms with Gasteiger partial charge in [-0.05, 0) is 0 Å².